The first-order valence-electron chi connectivity index (χ1n) is 8.97. The summed E-state index contributed by atoms with van der Waals surface area (Å²) in [6, 6.07) is 12.8. The molecule has 1 heterocycles. The minimum atomic E-state index is -0.895. The van der Waals surface area contributed by atoms with E-state index in [2.05, 4.69) is 10.9 Å². The number of hydrazine groups is 1. The summed E-state index contributed by atoms with van der Waals surface area (Å²) in [5.74, 6) is -0.801. The molecule has 29 heavy (non-hydrogen) atoms. The first-order valence-corrected chi connectivity index (χ1v) is 9.95. The normalized spacial score (nSPS) is 14.0. The van der Waals surface area contributed by atoms with E-state index >= 15 is 0 Å². The van der Waals surface area contributed by atoms with Crippen LogP contribution in [0.3, 0.4) is 0 Å². The highest BCUT2D eigenvalue weighted by Crippen LogP contribution is 2.34. The van der Waals surface area contributed by atoms with Crippen molar-refractivity contribution in [2.45, 2.75) is 24.3 Å². The van der Waals surface area contributed by atoms with Crippen LogP contribution in [0.15, 0.2) is 53.4 Å². The Labute approximate surface area is 171 Å². The number of fused-ring (bicyclic) bond motifs is 1. The van der Waals surface area contributed by atoms with E-state index in [0.717, 1.165) is 10.6 Å². The second kappa shape index (κ2) is 9.42. The summed E-state index contributed by atoms with van der Waals surface area (Å²) in [6.45, 7) is 1.71. The number of hydrogen-bond acceptors (Lipinski definition) is 5. The van der Waals surface area contributed by atoms with E-state index in [1.165, 1.54) is 43.0 Å². The molecule has 0 saturated carbocycles. The Morgan fingerprint density at radius 1 is 1.17 bits per heavy atom. The third kappa shape index (κ3) is 5.47. The Hall–Kier alpha value is -3.07. The van der Waals surface area contributed by atoms with E-state index in [1.807, 2.05) is 24.3 Å². The largest absolute Gasteiger partial charge is 0.481 e. The number of carbonyl (C=O) groups is 3. The lowest BCUT2D eigenvalue weighted by Gasteiger charge is -2.28. The fourth-order valence-electron chi connectivity index (χ4n) is 2.68. The molecule has 3 rings (SSSR count). The number of nitrogens with one attached hydrogen (secondary N) is 2. The number of anilines is 1. The second-order valence-electron chi connectivity index (χ2n) is 6.30. The molecule has 0 aromatic heterocycles. The summed E-state index contributed by atoms with van der Waals surface area (Å²) in [5.41, 5.74) is 5.39. The van der Waals surface area contributed by atoms with Gasteiger partial charge in [-0.05, 0) is 43.3 Å². The quantitative estimate of drug-likeness (QED) is 0.704. The molecule has 2 aromatic rings. The van der Waals surface area contributed by atoms with Crippen molar-refractivity contribution in [3.63, 3.8) is 0 Å². The molecule has 0 spiro atoms. The van der Waals surface area contributed by atoms with Gasteiger partial charge in [-0.25, -0.2) is 4.39 Å². The van der Waals surface area contributed by atoms with Crippen LogP contribution in [0.25, 0.3) is 0 Å². The van der Waals surface area contributed by atoms with Crippen LogP contribution in [0.1, 0.15) is 13.3 Å². The van der Waals surface area contributed by atoms with E-state index in [-0.39, 0.29) is 18.9 Å². The van der Waals surface area contributed by atoms with Gasteiger partial charge in [0.25, 0.3) is 5.91 Å². The van der Waals surface area contributed by atoms with E-state index < -0.39 is 23.7 Å². The number of ether oxygens (including phenoxy) is 1. The smallest absolute Gasteiger partial charge is 0.279 e. The van der Waals surface area contributed by atoms with E-state index in [1.54, 1.807) is 4.90 Å². The Balaban J connectivity index is 1.45. The SMILES string of the molecule is C[C@@H](Oc1ccc(F)cc1)C(=O)NNC(=O)CCN1C(=O)CSc2ccccc21. The van der Waals surface area contributed by atoms with Crippen molar-refractivity contribution in [3.8, 4) is 5.75 Å². The summed E-state index contributed by atoms with van der Waals surface area (Å²) in [7, 11) is 0. The number of carbonyl (C=O) groups excluding carboxylic acids is 3. The number of hydrogen-bond donors (Lipinski definition) is 2. The van der Waals surface area contributed by atoms with Gasteiger partial charge in [-0.15, -0.1) is 11.8 Å². The van der Waals surface area contributed by atoms with Crippen molar-refractivity contribution < 1.29 is 23.5 Å². The monoisotopic (exact) mass is 417 g/mol. The maximum Gasteiger partial charge on any atom is 0.279 e. The number of para-hydroxylation sites is 1. The topological polar surface area (TPSA) is 87.7 Å². The molecule has 152 valence electrons. The number of thioether (sulfide) groups is 1. The van der Waals surface area contributed by atoms with Crippen molar-refractivity contribution in [1.82, 2.24) is 10.9 Å². The van der Waals surface area contributed by atoms with Gasteiger partial charge in [0.15, 0.2) is 6.10 Å². The number of halogens is 1. The van der Waals surface area contributed by atoms with Gasteiger partial charge in [0.2, 0.25) is 11.8 Å². The van der Waals surface area contributed by atoms with Gasteiger partial charge < -0.3 is 9.64 Å². The third-order valence-electron chi connectivity index (χ3n) is 4.19. The standard InChI is InChI=1S/C20H20FN3O4S/c1-13(28-15-8-6-14(21)7-9-15)20(27)23-22-18(25)10-11-24-16-4-2-3-5-17(16)29-12-19(24)26/h2-9,13H,10-12H2,1H3,(H,22,25)(H,23,27)/t13-/m1/s1. The number of amides is 3. The first-order chi connectivity index (χ1) is 13.9. The molecule has 1 atom stereocenters. The van der Waals surface area contributed by atoms with Crippen LogP contribution in [0.4, 0.5) is 10.1 Å². The van der Waals surface area contributed by atoms with Crippen LogP contribution in [0, 0.1) is 5.82 Å². The lowest BCUT2D eigenvalue weighted by atomic mass is 10.2. The van der Waals surface area contributed by atoms with Crippen LogP contribution >= 0.6 is 11.8 Å². The zero-order valence-electron chi connectivity index (χ0n) is 15.7. The predicted octanol–water partition coefficient (Wildman–Crippen LogP) is 2.27. The van der Waals surface area contributed by atoms with Gasteiger partial charge in [-0.1, -0.05) is 12.1 Å². The zero-order chi connectivity index (χ0) is 20.8. The first kappa shape index (κ1) is 20.7. The van der Waals surface area contributed by atoms with Crippen LogP contribution in [0.5, 0.6) is 5.75 Å². The maximum atomic E-state index is 12.9. The Bertz CT molecular complexity index is 907. The molecule has 2 aromatic carbocycles. The van der Waals surface area contributed by atoms with E-state index in [9.17, 15) is 18.8 Å². The highest BCUT2D eigenvalue weighted by molar-refractivity contribution is 8.00. The van der Waals surface area contributed by atoms with Crippen LogP contribution in [-0.2, 0) is 14.4 Å². The lowest BCUT2D eigenvalue weighted by Crippen LogP contribution is -2.48. The summed E-state index contributed by atoms with van der Waals surface area (Å²) >= 11 is 1.47. The van der Waals surface area contributed by atoms with Gasteiger partial charge in [0, 0.05) is 17.9 Å². The van der Waals surface area contributed by atoms with Crippen molar-refractivity contribution in [3.05, 3.63) is 54.3 Å². The Morgan fingerprint density at radius 2 is 1.90 bits per heavy atom. The molecule has 3 amide bonds. The minimum Gasteiger partial charge on any atom is -0.481 e. The lowest BCUT2D eigenvalue weighted by molar-refractivity contribution is -0.132. The van der Waals surface area contributed by atoms with Crippen molar-refractivity contribution >= 4 is 35.2 Å². The Morgan fingerprint density at radius 3 is 2.66 bits per heavy atom. The molecular formula is C20H20FN3O4S. The molecule has 0 aliphatic carbocycles. The second-order valence-corrected chi connectivity index (χ2v) is 7.32. The minimum absolute atomic E-state index is 0.0260. The molecule has 1 aliphatic rings. The van der Waals surface area contributed by atoms with Gasteiger partial charge >= 0.3 is 0 Å². The third-order valence-corrected chi connectivity index (χ3v) is 5.24. The number of benzene rings is 2. The van der Waals surface area contributed by atoms with Gasteiger partial charge in [-0.3, -0.25) is 25.2 Å². The van der Waals surface area contributed by atoms with Crippen molar-refractivity contribution in [2.24, 2.45) is 0 Å². The van der Waals surface area contributed by atoms with Crippen LogP contribution < -0.4 is 20.5 Å². The Kier molecular flexibility index (Phi) is 6.71. The molecule has 0 fully saturated rings. The van der Waals surface area contributed by atoms with Crippen LogP contribution in [0.2, 0.25) is 0 Å². The molecule has 0 saturated heterocycles. The molecule has 1 aliphatic heterocycles. The molecule has 0 radical (unpaired) electrons. The van der Waals surface area contributed by atoms with Crippen molar-refractivity contribution in [1.29, 1.82) is 0 Å². The van der Waals surface area contributed by atoms with E-state index in [0.29, 0.717) is 11.5 Å². The maximum absolute atomic E-state index is 12.9. The summed E-state index contributed by atoms with van der Waals surface area (Å²) in [5, 5.41) is 0. The van der Waals surface area contributed by atoms with Crippen molar-refractivity contribution in [2.75, 3.05) is 17.2 Å². The zero-order valence-corrected chi connectivity index (χ0v) is 16.5. The van der Waals surface area contributed by atoms with Gasteiger partial charge in [0.05, 0.1) is 11.4 Å². The highest BCUT2D eigenvalue weighted by atomic mass is 32.2. The van der Waals surface area contributed by atoms with Gasteiger partial charge in [0.1, 0.15) is 11.6 Å². The van der Waals surface area contributed by atoms with Gasteiger partial charge in [-0.2, -0.15) is 0 Å². The average molecular weight is 417 g/mol. The molecule has 2 N–H and O–H groups in total. The molecule has 7 nitrogen and oxygen atoms in total. The summed E-state index contributed by atoms with van der Waals surface area (Å²) in [6.07, 6.45) is -0.869. The summed E-state index contributed by atoms with van der Waals surface area (Å²) in [4.78, 5) is 38.9. The number of nitrogens with zero attached hydrogens (tertiary/aromatic N) is 1. The molecule has 0 bridgehead atoms. The predicted molar refractivity (Wildman–Crippen MR) is 107 cm³/mol. The van der Waals surface area contributed by atoms with E-state index in [4.69, 9.17) is 4.74 Å². The van der Waals surface area contributed by atoms with Crippen LogP contribution in [-0.4, -0.2) is 36.1 Å². The highest BCUT2D eigenvalue weighted by Gasteiger charge is 2.24. The molecule has 0 unspecified atom stereocenters. The number of rotatable bonds is 6. The molecule has 9 heteroatoms. The summed E-state index contributed by atoms with van der Waals surface area (Å²) < 4.78 is 18.3. The fourth-order valence-corrected chi connectivity index (χ4v) is 3.61. The average Bonchev–Trinajstić information content (AvgIpc) is 2.72. The molecular weight excluding hydrogens is 397 g/mol. The fraction of sp³-hybridized carbons (Fsp3) is 0.250.